The van der Waals surface area contributed by atoms with Crippen LogP contribution in [-0.4, -0.2) is 24.7 Å². The van der Waals surface area contributed by atoms with Gasteiger partial charge in [-0.3, -0.25) is 0 Å². The fourth-order valence-electron chi connectivity index (χ4n) is 4.67. The van der Waals surface area contributed by atoms with E-state index in [-0.39, 0.29) is 5.92 Å². The van der Waals surface area contributed by atoms with Crippen LogP contribution in [0.3, 0.4) is 0 Å². The highest BCUT2D eigenvalue weighted by atomic mass is 35.5. The van der Waals surface area contributed by atoms with Gasteiger partial charge in [0.2, 0.25) is 0 Å². The molecular formula is C20H22Cl2NO+. The Morgan fingerprint density at radius 2 is 1.46 bits per heavy atom. The number of halogens is 2. The molecule has 2 bridgehead atoms. The lowest BCUT2D eigenvalue weighted by atomic mass is 9.65. The summed E-state index contributed by atoms with van der Waals surface area (Å²) in [5.41, 5.74) is 0.692. The summed E-state index contributed by atoms with van der Waals surface area (Å²) in [4.78, 5) is 1.60. The third kappa shape index (κ3) is 2.76. The Bertz CT molecular complexity index is 694. The summed E-state index contributed by atoms with van der Waals surface area (Å²) >= 11 is 12.5. The Kier molecular flexibility index (Phi) is 4.34. The van der Waals surface area contributed by atoms with E-state index in [0.29, 0.717) is 16.0 Å². The predicted molar refractivity (Wildman–Crippen MR) is 97.7 cm³/mol. The number of aliphatic hydroxyl groups is 1. The average Bonchev–Trinajstić information content (AvgIpc) is 2.62. The summed E-state index contributed by atoms with van der Waals surface area (Å²) in [5.74, 6) is 0.734. The second-order valence-electron chi connectivity index (χ2n) is 7.19. The fourth-order valence-corrected chi connectivity index (χ4v) is 5.05. The van der Waals surface area contributed by atoms with E-state index in [1.165, 1.54) is 25.9 Å². The van der Waals surface area contributed by atoms with Crippen molar-refractivity contribution in [3.8, 4) is 0 Å². The average molecular weight is 363 g/mol. The van der Waals surface area contributed by atoms with E-state index in [9.17, 15) is 5.11 Å². The van der Waals surface area contributed by atoms with Crippen molar-refractivity contribution >= 4 is 23.2 Å². The molecule has 0 amide bonds. The highest BCUT2D eigenvalue weighted by Gasteiger charge is 2.50. The zero-order valence-corrected chi connectivity index (χ0v) is 15.0. The highest BCUT2D eigenvalue weighted by Crippen LogP contribution is 2.44. The van der Waals surface area contributed by atoms with Gasteiger partial charge >= 0.3 is 0 Å². The summed E-state index contributed by atoms with van der Waals surface area (Å²) in [6.45, 7) is 3.45. The van der Waals surface area contributed by atoms with E-state index in [1.807, 2.05) is 48.5 Å². The Morgan fingerprint density at radius 3 is 1.88 bits per heavy atom. The maximum absolute atomic E-state index is 12.0. The molecule has 0 aliphatic carbocycles. The molecule has 3 fully saturated rings. The van der Waals surface area contributed by atoms with Gasteiger partial charge in [0, 0.05) is 28.8 Å². The van der Waals surface area contributed by atoms with Crippen LogP contribution in [0.4, 0.5) is 0 Å². The van der Waals surface area contributed by atoms with Crippen molar-refractivity contribution in [3.05, 3.63) is 69.7 Å². The van der Waals surface area contributed by atoms with Gasteiger partial charge in [0.25, 0.3) is 0 Å². The van der Waals surface area contributed by atoms with Crippen LogP contribution < -0.4 is 4.90 Å². The molecule has 1 unspecified atom stereocenters. The van der Waals surface area contributed by atoms with Gasteiger partial charge in [-0.25, -0.2) is 0 Å². The van der Waals surface area contributed by atoms with E-state index >= 15 is 0 Å². The van der Waals surface area contributed by atoms with Crippen molar-refractivity contribution in [2.24, 2.45) is 11.8 Å². The van der Waals surface area contributed by atoms with Gasteiger partial charge in [-0.1, -0.05) is 47.5 Å². The molecule has 3 heterocycles. The number of nitrogens with one attached hydrogen (secondary N) is 1. The molecule has 1 atom stereocenters. The van der Waals surface area contributed by atoms with Crippen LogP contribution in [0.25, 0.3) is 0 Å². The van der Waals surface area contributed by atoms with Crippen LogP contribution >= 0.6 is 23.2 Å². The molecule has 0 radical (unpaired) electrons. The first-order valence-corrected chi connectivity index (χ1v) is 9.41. The first-order chi connectivity index (χ1) is 11.6. The minimum atomic E-state index is -1.05. The van der Waals surface area contributed by atoms with Crippen molar-refractivity contribution < 1.29 is 10.0 Å². The Morgan fingerprint density at radius 1 is 0.917 bits per heavy atom. The normalized spacial score (nSPS) is 26.5. The Labute approximate surface area is 153 Å². The monoisotopic (exact) mass is 362 g/mol. The molecule has 3 aliphatic heterocycles. The van der Waals surface area contributed by atoms with Gasteiger partial charge in [-0.2, -0.15) is 0 Å². The van der Waals surface area contributed by atoms with Gasteiger partial charge in [0.1, 0.15) is 5.60 Å². The van der Waals surface area contributed by atoms with Crippen LogP contribution in [-0.2, 0) is 5.60 Å². The summed E-state index contributed by atoms with van der Waals surface area (Å²) < 4.78 is 0. The van der Waals surface area contributed by atoms with Gasteiger partial charge in [0.15, 0.2) is 0 Å². The number of hydrogen-bond acceptors (Lipinski definition) is 1. The van der Waals surface area contributed by atoms with Crippen LogP contribution in [0, 0.1) is 11.8 Å². The summed E-state index contributed by atoms with van der Waals surface area (Å²) in [7, 11) is 0. The van der Waals surface area contributed by atoms with Gasteiger partial charge < -0.3 is 10.0 Å². The molecule has 0 spiro atoms. The number of hydrogen-bond donors (Lipinski definition) is 2. The lowest BCUT2D eigenvalue weighted by Gasteiger charge is -2.49. The number of benzene rings is 2. The first-order valence-electron chi connectivity index (χ1n) is 8.65. The van der Waals surface area contributed by atoms with E-state index in [0.717, 1.165) is 17.7 Å². The van der Waals surface area contributed by atoms with Crippen LogP contribution in [0.15, 0.2) is 48.5 Å². The highest BCUT2D eigenvalue weighted by molar-refractivity contribution is 6.31. The Balaban J connectivity index is 1.86. The van der Waals surface area contributed by atoms with Crippen molar-refractivity contribution in [3.63, 3.8) is 0 Å². The third-order valence-corrected chi connectivity index (χ3v) is 6.35. The number of rotatable bonds is 3. The van der Waals surface area contributed by atoms with Crippen molar-refractivity contribution in [1.82, 2.24) is 0 Å². The minimum absolute atomic E-state index is 0.187. The zero-order valence-electron chi connectivity index (χ0n) is 13.5. The van der Waals surface area contributed by atoms with E-state index in [4.69, 9.17) is 23.2 Å². The quantitative estimate of drug-likeness (QED) is 0.861. The second kappa shape index (κ2) is 6.34. The molecule has 2 nitrogen and oxygen atoms in total. The molecule has 0 aromatic heterocycles. The smallest absolute Gasteiger partial charge is 0.123 e. The van der Waals surface area contributed by atoms with Crippen LogP contribution in [0.1, 0.15) is 24.0 Å². The lowest BCUT2D eigenvalue weighted by molar-refractivity contribution is -0.922. The first kappa shape index (κ1) is 16.4. The summed E-state index contributed by atoms with van der Waals surface area (Å²) in [5, 5.41) is 13.3. The molecule has 0 saturated carbocycles. The second-order valence-corrected chi connectivity index (χ2v) is 8.06. The minimum Gasteiger partial charge on any atom is -0.380 e. The van der Waals surface area contributed by atoms with Crippen molar-refractivity contribution in [1.29, 1.82) is 0 Å². The van der Waals surface area contributed by atoms with Crippen molar-refractivity contribution in [2.45, 2.75) is 18.4 Å². The molecule has 24 heavy (non-hydrogen) atoms. The summed E-state index contributed by atoms with van der Waals surface area (Å²) in [6, 6.07) is 15.3. The molecule has 4 heteroatoms. The topological polar surface area (TPSA) is 24.7 Å². The molecule has 3 saturated heterocycles. The Hall–Kier alpha value is -1.06. The van der Waals surface area contributed by atoms with Crippen LogP contribution in [0.2, 0.25) is 10.0 Å². The van der Waals surface area contributed by atoms with Gasteiger partial charge in [0.05, 0.1) is 19.6 Å². The summed E-state index contributed by atoms with van der Waals surface area (Å²) in [6.07, 6.45) is 2.37. The molecule has 126 valence electrons. The van der Waals surface area contributed by atoms with Gasteiger partial charge in [-0.05, 0) is 41.3 Å². The molecular weight excluding hydrogens is 341 g/mol. The third-order valence-electron chi connectivity index (χ3n) is 5.88. The van der Waals surface area contributed by atoms with Crippen LogP contribution in [0.5, 0.6) is 0 Å². The fraction of sp³-hybridized carbons (Fsp3) is 0.400. The SMILES string of the molecule is OC(c1cccc(Cl)c1)(c1cccc(Cl)c1)C1C[NH+]2CCC1CC2. The van der Waals surface area contributed by atoms with E-state index in [2.05, 4.69) is 0 Å². The maximum Gasteiger partial charge on any atom is 0.123 e. The van der Waals surface area contributed by atoms with Gasteiger partial charge in [-0.15, -0.1) is 0 Å². The van der Waals surface area contributed by atoms with Crippen molar-refractivity contribution in [2.75, 3.05) is 19.6 Å². The molecule has 2 aromatic carbocycles. The zero-order chi connectivity index (χ0) is 16.7. The predicted octanol–water partition coefficient (Wildman–Crippen LogP) is 3.15. The lowest BCUT2D eigenvalue weighted by Crippen LogP contribution is -3.16. The molecule has 3 aliphatic rings. The van der Waals surface area contributed by atoms with E-state index in [1.54, 1.807) is 4.90 Å². The molecule has 5 rings (SSSR count). The maximum atomic E-state index is 12.0. The molecule has 2 N–H and O–H groups in total. The number of piperidine rings is 3. The number of fused-ring (bicyclic) bond motifs is 3. The largest absolute Gasteiger partial charge is 0.380 e. The molecule has 2 aromatic rings. The standard InChI is InChI=1S/C20H21Cl2NO/c21-17-5-1-3-15(11-17)20(24,16-4-2-6-18(22)12-16)19-13-23-9-7-14(19)8-10-23/h1-6,11-12,14,19,24H,7-10,13H2/p+1. The van der Waals surface area contributed by atoms with E-state index < -0.39 is 5.60 Å². The number of quaternary nitrogens is 1.